The summed E-state index contributed by atoms with van der Waals surface area (Å²) < 4.78 is 1.57. The van der Waals surface area contributed by atoms with Crippen molar-refractivity contribution in [2.24, 2.45) is 0 Å². The van der Waals surface area contributed by atoms with Crippen molar-refractivity contribution < 1.29 is 14.7 Å². The first-order chi connectivity index (χ1) is 11.7. The minimum absolute atomic E-state index is 0.0973. The molecule has 0 aliphatic heterocycles. The van der Waals surface area contributed by atoms with Crippen LogP contribution < -0.4 is 5.32 Å². The van der Waals surface area contributed by atoms with Crippen LogP contribution in [0.4, 0.5) is 10.6 Å². The predicted octanol–water partition coefficient (Wildman–Crippen LogP) is 3.73. The maximum absolute atomic E-state index is 12.3. The van der Waals surface area contributed by atoms with Gasteiger partial charge in [-0.2, -0.15) is 5.10 Å². The van der Waals surface area contributed by atoms with Gasteiger partial charge in [0.2, 0.25) is 0 Å². The summed E-state index contributed by atoms with van der Waals surface area (Å²) in [6, 6.07) is 4.62. The Morgan fingerprint density at radius 3 is 2.56 bits per heavy atom. The van der Waals surface area contributed by atoms with Crippen molar-refractivity contribution in [1.82, 2.24) is 14.7 Å². The van der Waals surface area contributed by atoms with Gasteiger partial charge in [-0.1, -0.05) is 23.2 Å². The standard InChI is InChI=1S/C16H18Cl2N4O3/c1-9-10(2)20-22(11-4-5-12(17)13(18)8-11)15(9)19-16(25)21(3)7-6-14(23)24/h4-5,8H,6-7H2,1-3H3,(H,19,25)(H,23,24). The van der Waals surface area contributed by atoms with Crippen LogP contribution in [0.15, 0.2) is 18.2 Å². The zero-order valence-electron chi connectivity index (χ0n) is 14.0. The van der Waals surface area contributed by atoms with Crippen molar-refractivity contribution >= 4 is 41.0 Å². The number of hydrogen-bond acceptors (Lipinski definition) is 3. The van der Waals surface area contributed by atoms with Gasteiger partial charge in [0.1, 0.15) is 5.82 Å². The first kappa shape index (κ1) is 19.1. The predicted molar refractivity (Wildman–Crippen MR) is 97.0 cm³/mol. The normalized spacial score (nSPS) is 10.6. The lowest BCUT2D eigenvalue weighted by molar-refractivity contribution is -0.137. The van der Waals surface area contributed by atoms with Gasteiger partial charge in [0.05, 0.1) is 27.8 Å². The Kier molecular flexibility index (Phi) is 5.92. The zero-order chi connectivity index (χ0) is 18.7. The molecule has 0 bridgehead atoms. The Bertz CT molecular complexity index is 820. The molecule has 0 aliphatic carbocycles. The largest absolute Gasteiger partial charge is 0.481 e. The maximum Gasteiger partial charge on any atom is 0.322 e. The van der Waals surface area contributed by atoms with Gasteiger partial charge >= 0.3 is 12.0 Å². The molecule has 134 valence electrons. The average Bonchev–Trinajstić information content (AvgIpc) is 2.83. The van der Waals surface area contributed by atoms with E-state index in [1.807, 2.05) is 13.8 Å². The fourth-order valence-electron chi connectivity index (χ4n) is 2.12. The summed E-state index contributed by atoms with van der Waals surface area (Å²) >= 11 is 12.0. The first-order valence-electron chi connectivity index (χ1n) is 7.46. The highest BCUT2D eigenvalue weighted by Crippen LogP contribution is 2.28. The summed E-state index contributed by atoms with van der Waals surface area (Å²) in [4.78, 5) is 24.3. The molecule has 0 spiro atoms. The second kappa shape index (κ2) is 7.76. The van der Waals surface area contributed by atoms with Crippen molar-refractivity contribution in [1.29, 1.82) is 0 Å². The monoisotopic (exact) mass is 384 g/mol. The Labute approximate surface area is 155 Å². The molecule has 2 aromatic rings. The van der Waals surface area contributed by atoms with E-state index in [9.17, 15) is 9.59 Å². The number of carbonyl (C=O) groups is 2. The van der Waals surface area contributed by atoms with Crippen molar-refractivity contribution in [3.05, 3.63) is 39.5 Å². The van der Waals surface area contributed by atoms with Crippen LogP contribution in [0.3, 0.4) is 0 Å². The van der Waals surface area contributed by atoms with Crippen LogP contribution in [0.2, 0.25) is 10.0 Å². The smallest absolute Gasteiger partial charge is 0.322 e. The molecule has 0 saturated carbocycles. The van der Waals surface area contributed by atoms with Crippen molar-refractivity contribution in [2.75, 3.05) is 18.9 Å². The second-order valence-electron chi connectivity index (χ2n) is 5.56. The summed E-state index contributed by atoms with van der Waals surface area (Å²) in [6.45, 7) is 3.76. The molecule has 1 aromatic heterocycles. The van der Waals surface area contributed by atoms with E-state index in [1.54, 1.807) is 22.9 Å². The zero-order valence-corrected chi connectivity index (χ0v) is 15.5. The summed E-state index contributed by atoms with van der Waals surface area (Å²) in [7, 11) is 1.53. The Morgan fingerprint density at radius 2 is 1.96 bits per heavy atom. The number of amides is 2. The summed E-state index contributed by atoms with van der Waals surface area (Å²) in [5.41, 5.74) is 2.19. The number of halogens is 2. The Hall–Kier alpha value is -2.25. The highest BCUT2D eigenvalue weighted by atomic mass is 35.5. The van der Waals surface area contributed by atoms with Crippen LogP contribution >= 0.6 is 23.2 Å². The number of aromatic nitrogens is 2. The topological polar surface area (TPSA) is 87.5 Å². The van der Waals surface area contributed by atoms with E-state index in [0.29, 0.717) is 21.6 Å². The lowest BCUT2D eigenvalue weighted by Gasteiger charge is -2.18. The second-order valence-corrected chi connectivity index (χ2v) is 6.38. The molecule has 1 heterocycles. The molecule has 0 fully saturated rings. The molecule has 1 aromatic carbocycles. The molecular weight excluding hydrogens is 367 g/mol. The minimum Gasteiger partial charge on any atom is -0.481 e. The van der Waals surface area contributed by atoms with Crippen molar-refractivity contribution in [3.63, 3.8) is 0 Å². The molecule has 7 nitrogen and oxygen atoms in total. The molecule has 0 aliphatic rings. The van der Waals surface area contributed by atoms with E-state index in [2.05, 4.69) is 10.4 Å². The summed E-state index contributed by atoms with van der Waals surface area (Å²) in [5.74, 6) is -0.476. The van der Waals surface area contributed by atoms with E-state index in [0.717, 1.165) is 11.3 Å². The fourth-order valence-corrected chi connectivity index (χ4v) is 2.41. The number of nitrogens with zero attached hydrogens (tertiary/aromatic N) is 3. The fraction of sp³-hybridized carbons (Fsp3) is 0.312. The van der Waals surface area contributed by atoms with Gasteiger partial charge in [0, 0.05) is 19.2 Å². The number of aryl methyl sites for hydroxylation is 1. The van der Waals surface area contributed by atoms with Crippen molar-refractivity contribution in [2.45, 2.75) is 20.3 Å². The number of nitrogens with one attached hydrogen (secondary N) is 1. The Morgan fingerprint density at radius 1 is 1.28 bits per heavy atom. The number of carboxylic acid groups (broad SMARTS) is 1. The minimum atomic E-state index is -0.965. The van der Waals surface area contributed by atoms with Crippen LogP contribution in [0.5, 0.6) is 0 Å². The van der Waals surface area contributed by atoms with Gasteiger partial charge in [0.25, 0.3) is 0 Å². The highest BCUT2D eigenvalue weighted by molar-refractivity contribution is 6.42. The van der Waals surface area contributed by atoms with E-state index in [1.165, 1.54) is 11.9 Å². The van der Waals surface area contributed by atoms with Gasteiger partial charge in [-0.25, -0.2) is 9.48 Å². The number of benzene rings is 1. The Balaban J connectivity index is 2.30. The molecule has 9 heteroatoms. The quantitative estimate of drug-likeness (QED) is 0.821. The van der Waals surface area contributed by atoms with E-state index in [4.69, 9.17) is 28.3 Å². The molecule has 0 radical (unpaired) electrons. The van der Waals surface area contributed by atoms with Crippen LogP contribution in [-0.2, 0) is 4.79 Å². The number of hydrogen-bond donors (Lipinski definition) is 2. The number of aliphatic carboxylic acids is 1. The number of urea groups is 1. The number of carboxylic acids is 1. The molecule has 0 atom stereocenters. The number of anilines is 1. The number of rotatable bonds is 5. The molecule has 2 N–H and O–H groups in total. The van der Waals surface area contributed by atoms with Gasteiger partial charge in [-0.15, -0.1) is 0 Å². The van der Waals surface area contributed by atoms with Gasteiger partial charge in [-0.3, -0.25) is 10.1 Å². The summed E-state index contributed by atoms with van der Waals surface area (Å²) in [5, 5.41) is 16.7. The SMILES string of the molecule is Cc1nn(-c2ccc(Cl)c(Cl)c2)c(NC(=O)N(C)CCC(=O)O)c1C. The lowest BCUT2D eigenvalue weighted by atomic mass is 10.2. The van der Waals surface area contributed by atoms with Crippen LogP contribution in [0.25, 0.3) is 5.69 Å². The highest BCUT2D eigenvalue weighted by Gasteiger charge is 2.18. The molecule has 2 rings (SSSR count). The van der Waals surface area contributed by atoms with E-state index < -0.39 is 12.0 Å². The number of carbonyl (C=O) groups excluding carboxylic acids is 1. The van der Waals surface area contributed by atoms with Gasteiger partial charge < -0.3 is 10.0 Å². The third-order valence-corrected chi connectivity index (χ3v) is 4.48. The van der Waals surface area contributed by atoms with Crippen molar-refractivity contribution in [3.8, 4) is 5.69 Å². The maximum atomic E-state index is 12.3. The summed E-state index contributed by atoms with van der Waals surface area (Å²) in [6.07, 6.45) is -0.131. The first-order valence-corrected chi connectivity index (χ1v) is 8.22. The third-order valence-electron chi connectivity index (χ3n) is 3.74. The molecule has 0 unspecified atom stereocenters. The van der Waals surface area contributed by atoms with Crippen LogP contribution in [0.1, 0.15) is 17.7 Å². The van der Waals surface area contributed by atoms with Gasteiger partial charge in [0.15, 0.2) is 0 Å². The van der Waals surface area contributed by atoms with Crippen LogP contribution in [-0.4, -0.2) is 45.4 Å². The van der Waals surface area contributed by atoms with Gasteiger partial charge in [-0.05, 0) is 32.0 Å². The van der Waals surface area contributed by atoms with E-state index in [-0.39, 0.29) is 13.0 Å². The molecule has 0 saturated heterocycles. The molecule has 25 heavy (non-hydrogen) atoms. The average molecular weight is 385 g/mol. The third kappa shape index (κ3) is 4.43. The van der Waals surface area contributed by atoms with E-state index >= 15 is 0 Å². The molecule has 2 amide bonds. The molecular formula is C16H18Cl2N4O3. The lowest BCUT2D eigenvalue weighted by Crippen LogP contribution is -2.33. The van der Waals surface area contributed by atoms with Crippen LogP contribution in [0, 0.1) is 13.8 Å².